The van der Waals surface area contributed by atoms with Crippen LogP contribution in [-0.4, -0.2) is 33.0 Å². The van der Waals surface area contributed by atoms with Crippen LogP contribution in [0.15, 0.2) is 11.0 Å². The number of ether oxygens (including phenoxy) is 1. The maximum absolute atomic E-state index is 13.9. The Bertz CT molecular complexity index is 510. The zero-order valence-corrected chi connectivity index (χ0v) is 10.3. The summed E-state index contributed by atoms with van der Waals surface area (Å²) in [5.74, 6) is -0.126. The fourth-order valence-electron chi connectivity index (χ4n) is 1.91. The molecule has 0 radical (unpaired) electrons. The Hall–Kier alpha value is -1.18. The van der Waals surface area contributed by atoms with Gasteiger partial charge < -0.3 is 15.6 Å². The van der Waals surface area contributed by atoms with Gasteiger partial charge in [-0.3, -0.25) is 4.57 Å². The summed E-state index contributed by atoms with van der Waals surface area (Å²) in [4.78, 5) is 15.1. The van der Waals surface area contributed by atoms with Crippen LogP contribution in [0.1, 0.15) is 19.6 Å². The van der Waals surface area contributed by atoms with Gasteiger partial charge in [-0.15, -0.1) is 0 Å². The molecule has 0 saturated carbocycles. The van der Waals surface area contributed by atoms with Crippen molar-refractivity contribution in [3.05, 3.63) is 21.7 Å². The number of aromatic nitrogens is 2. The highest BCUT2D eigenvalue weighted by Crippen LogP contribution is 2.32. The van der Waals surface area contributed by atoms with Gasteiger partial charge in [0, 0.05) is 6.20 Å². The largest absolute Gasteiger partial charge is 0.387 e. The highest BCUT2D eigenvalue weighted by molar-refractivity contribution is 6.32. The van der Waals surface area contributed by atoms with E-state index >= 15 is 0 Å². The number of aliphatic hydroxyl groups excluding tert-OH is 1. The monoisotopic (exact) mass is 276 g/mol. The van der Waals surface area contributed by atoms with E-state index in [1.807, 2.05) is 0 Å². The Labute approximate surface area is 107 Å². The third-order valence-corrected chi connectivity index (χ3v) is 3.20. The van der Waals surface area contributed by atoms with Crippen LogP contribution >= 0.6 is 11.6 Å². The predicted molar refractivity (Wildman–Crippen MR) is 63.0 cm³/mol. The van der Waals surface area contributed by atoms with E-state index in [0.717, 1.165) is 10.8 Å². The fourth-order valence-corrected chi connectivity index (χ4v) is 2.05. The number of nitrogens with zero attached hydrogens (tertiary/aromatic N) is 2. The zero-order valence-electron chi connectivity index (χ0n) is 9.59. The van der Waals surface area contributed by atoms with Crippen LogP contribution in [0.4, 0.5) is 10.2 Å². The molecular weight excluding hydrogens is 264 g/mol. The molecule has 2 heterocycles. The Balaban J connectivity index is 2.39. The minimum atomic E-state index is -1.71. The number of nitrogens with two attached hydrogens (primary N) is 1. The SMILES string of the molecule is CC[C@@H]1O[C@H](n2cc(Cl)c(N)nc2=O)[C@H]([18F])[C@@H]1O. The fraction of sp³-hybridized carbons (Fsp3) is 0.600. The van der Waals surface area contributed by atoms with Gasteiger partial charge in [0.2, 0.25) is 0 Å². The van der Waals surface area contributed by atoms with E-state index < -0.39 is 30.3 Å². The van der Waals surface area contributed by atoms with Gasteiger partial charge in [-0.1, -0.05) is 18.5 Å². The molecule has 0 aliphatic carbocycles. The van der Waals surface area contributed by atoms with E-state index in [4.69, 9.17) is 22.1 Å². The molecule has 6 nitrogen and oxygen atoms in total. The first kappa shape index (κ1) is 13.3. The van der Waals surface area contributed by atoms with Crippen molar-refractivity contribution >= 4 is 17.4 Å². The highest BCUT2D eigenvalue weighted by Gasteiger charge is 2.44. The minimum absolute atomic E-state index is 0.0276. The van der Waals surface area contributed by atoms with E-state index in [0.29, 0.717) is 6.42 Å². The first-order valence-corrected chi connectivity index (χ1v) is 5.85. The average molecular weight is 277 g/mol. The summed E-state index contributed by atoms with van der Waals surface area (Å²) in [6.45, 7) is 1.75. The predicted octanol–water partition coefficient (Wildman–Crippen LogP) is 0.485. The van der Waals surface area contributed by atoms with E-state index in [-0.39, 0.29) is 10.8 Å². The van der Waals surface area contributed by atoms with E-state index in [9.17, 15) is 14.3 Å². The first-order valence-electron chi connectivity index (χ1n) is 5.47. The Morgan fingerprint density at radius 3 is 2.94 bits per heavy atom. The van der Waals surface area contributed by atoms with Gasteiger partial charge in [0.15, 0.2) is 12.4 Å². The Morgan fingerprint density at radius 2 is 2.39 bits per heavy atom. The summed E-state index contributed by atoms with van der Waals surface area (Å²) in [5.41, 5.74) is 4.59. The van der Waals surface area contributed by atoms with Crippen LogP contribution in [-0.2, 0) is 4.74 Å². The topological polar surface area (TPSA) is 90.4 Å². The standard InChI is InChI=1S/C10H13ClFN3O3/c1-2-5-7(16)6(12)9(18-5)15-3-4(11)8(13)14-10(15)17/h3,5-7,9,16H,2H2,1H3,(H2,13,14,17)/t5-,6+,7+,9-/m0/s1/i12-1. The van der Waals surface area contributed by atoms with Crippen molar-refractivity contribution in [2.24, 2.45) is 0 Å². The van der Waals surface area contributed by atoms with Gasteiger partial charge in [0.05, 0.1) is 11.1 Å². The molecule has 1 fully saturated rings. The number of hydrogen-bond acceptors (Lipinski definition) is 5. The van der Waals surface area contributed by atoms with Crippen molar-refractivity contribution < 1.29 is 14.2 Å². The van der Waals surface area contributed by atoms with Gasteiger partial charge in [0.25, 0.3) is 0 Å². The lowest BCUT2D eigenvalue weighted by Crippen LogP contribution is -2.33. The first-order chi connectivity index (χ1) is 8.45. The summed E-state index contributed by atoms with van der Waals surface area (Å²) < 4.78 is 20.1. The van der Waals surface area contributed by atoms with Crippen molar-refractivity contribution in [2.45, 2.75) is 38.0 Å². The van der Waals surface area contributed by atoms with Crippen LogP contribution in [0.25, 0.3) is 0 Å². The molecule has 100 valence electrons. The zero-order chi connectivity index (χ0) is 13.4. The molecule has 8 heteroatoms. The lowest BCUT2D eigenvalue weighted by Gasteiger charge is -2.16. The second-order valence-corrected chi connectivity index (χ2v) is 4.48. The van der Waals surface area contributed by atoms with Gasteiger partial charge >= 0.3 is 5.69 Å². The maximum Gasteiger partial charge on any atom is 0.351 e. The van der Waals surface area contributed by atoms with Crippen LogP contribution < -0.4 is 11.4 Å². The molecule has 4 atom stereocenters. The molecule has 3 N–H and O–H groups in total. The number of aliphatic hydroxyl groups is 1. The number of alkyl halides is 1. The molecule has 0 unspecified atom stereocenters. The number of rotatable bonds is 2. The smallest absolute Gasteiger partial charge is 0.351 e. The molecule has 2 rings (SSSR count). The van der Waals surface area contributed by atoms with Crippen molar-refractivity contribution in [3.8, 4) is 0 Å². The number of hydrogen-bond donors (Lipinski definition) is 2. The molecule has 1 aromatic rings. The van der Waals surface area contributed by atoms with Crippen molar-refractivity contribution in [3.63, 3.8) is 0 Å². The second kappa shape index (κ2) is 4.83. The maximum atomic E-state index is 13.9. The van der Waals surface area contributed by atoms with Gasteiger partial charge in [-0.25, -0.2) is 9.18 Å². The minimum Gasteiger partial charge on any atom is -0.387 e. The molecule has 0 aromatic carbocycles. The lowest BCUT2D eigenvalue weighted by molar-refractivity contribution is -0.0279. The number of halogens is 2. The van der Waals surface area contributed by atoms with Crippen molar-refractivity contribution in [1.29, 1.82) is 0 Å². The van der Waals surface area contributed by atoms with E-state index in [2.05, 4.69) is 4.98 Å². The normalized spacial score (nSPS) is 31.8. The lowest BCUT2D eigenvalue weighted by atomic mass is 10.1. The summed E-state index contributed by atoms with van der Waals surface area (Å²) in [5, 5.41) is 9.64. The second-order valence-electron chi connectivity index (χ2n) is 4.07. The molecule has 1 aliphatic rings. The summed E-state index contributed by atoms with van der Waals surface area (Å²) >= 11 is 5.73. The third-order valence-electron chi connectivity index (χ3n) is 2.90. The molecule has 1 aromatic heterocycles. The number of anilines is 1. The van der Waals surface area contributed by atoms with Crippen molar-refractivity contribution in [1.82, 2.24) is 9.55 Å². The van der Waals surface area contributed by atoms with Crippen molar-refractivity contribution in [2.75, 3.05) is 5.73 Å². The number of nitrogen functional groups attached to an aromatic ring is 1. The Morgan fingerprint density at radius 1 is 1.72 bits per heavy atom. The molecule has 0 amide bonds. The van der Waals surface area contributed by atoms with E-state index in [1.54, 1.807) is 6.92 Å². The highest BCUT2D eigenvalue weighted by atomic mass is 35.5. The molecule has 0 spiro atoms. The average Bonchev–Trinajstić information content (AvgIpc) is 2.61. The summed E-state index contributed by atoms with van der Waals surface area (Å²) in [7, 11) is 0. The summed E-state index contributed by atoms with van der Waals surface area (Å²) in [6.07, 6.45) is -3.29. The molecule has 1 aliphatic heterocycles. The van der Waals surface area contributed by atoms with Gasteiger partial charge in [0.1, 0.15) is 11.9 Å². The molecule has 18 heavy (non-hydrogen) atoms. The summed E-state index contributed by atoms with van der Waals surface area (Å²) in [6, 6.07) is 0. The van der Waals surface area contributed by atoms with Crippen LogP contribution in [0, 0.1) is 0 Å². The quantitative estimate of drug-likeness (QED) is 0.820. The van der Waals surface area contributed by atoms with Crippen LogP contribution in [0.3, 0.4) is 0 Å². The van der Waals surface area contributed by atoms with E-state index in [1.165, 1.54) is 0 Å². The van der Waals surface area contributed by atoms with Gasteiger partial charge in [-0.05, 0) is 6.42 Å². The molecular formula is C10H13ClFN3O3. The van der Waals surface area contributed by atoms with Gasteiger partial charge in [-0.2, -0.15) is 4.98 Å². The molecule has 1 saturated heterocycles. The van der Waals surface area contributed by atoms with Crippen LogP contribution in [0.2, 0.25) is 5.02 Å². The Kier molecular flexibility index (Phi) is 3.56. The van der Waals surface area contributed by atoms with Crippen LogP contribution in [0.5, 0.6) is 0 Å². The third kappa shape index (κ3) is 2.09. The molecule has 0 bridgehead atoms.